The highest BCUT2D eigenvalue weighted by Crippen LogP contribution is 2.31. The van der Waals surface area contributed by atoms with Crippen LogP contribution in [0.15, 0.2) is 35.7 Å². The highest BCUT2D eigenvalue weighted by atomic mass is 16.2. The summed E-state index contributed by atoms with van der Waals surface area (Å²) < 4.78 is 0. The highest BCUT2D eigenvalue weighted by Gasteiger charge is 2.39. The summed E-state index contributed by atoms with van der Waals surface area (Å²) in [5.41, 5.74) is 1.28. The van der Waals surface area contributed by atoms with Gasteiger partial charge in [-0.25, -0.2) is 0 Å². The Morgan fingerprint density at radius 2 is 1.44 bits per heavy atom. The summed E-state index contributed by atoms with van der Waals surface area (Å²) in [6, 6.07) is 6.85. The van der Waals surface area contributed by atoms with E-state index in [-0.39, 0.29) is 35.8 Å². The van der Waals surface area contributed by atoms with Crippen LogP contribution in [0.2, 0.25) is 0 Å². The van der Waals surface area contributed by atoms with Crippen molar-refractivity contribution in [2.75, 3.05) is 33.7 Å². The molecule has 0 saturated heterocycles. The quantitative estimate of drug-likeness (QED) is 0.737. The standard InChI is InChI=1S/C21H29N3O3/c1-7-23(14(3)4)18-19(24(8-2)17(25)13-22(5)6)21(27)16-12-10-9-11-15(16)20(18)26/h9-12,14H,7-8,13H2,1-6H3. The number of carbonyl (C=O) groups excluding carboxylic acids is 3. The number of likely N-dealkylation sites (N-methyl/N-ethyl adjacent to an activating group) is 3. The number of nitrogens with zero attached hydrogens (tertiary/aromatic N) is 3. The van der Waals surface area contributed by atoms with Crippen molar-refractivity contribution >= 4 is 17.5 Å². The maximum Gasteiger partial charge on any atom is 0.241 e. The molecule has 6 nitrogen and oxygen atoms in total. The first kappa shape index (κ1) is 20.8. The average molecular weight is 371 g/mol. The topological polar surface area (TPSA) is 60.9 Å². The second kappa shape index (κ2) is 8.48. The first-order valence-electron chi connectivity index (χ1n) is 9.38. The van der Waals surface area contributed by atoms with Crippen molar-refractivity contribution in [3.8, 4) is 0 Å². The predicted molar refractivity (Wildman–Crippen MR) is 106 cm³/mol. The van der Waals surface area contributed by atoms with Gasteiger partial charge in [-0.05, 0) is 41.8 Å². The molecule has 0 fully saturated rings. The molecule has 27 heavy (non-hydrogen) atoms. The van der Waals surface area contributed by atoms with E-state index in [1.165, 1.54) is 4.90 Å². The lowest BCUT2D eigenvalue weighted by atomic mass is 9.88. The van der Waals surface area contributed by atoms with Crippen molar-refractivity contribution in [1.82, 2.24) is 14.7 Å². The van der Waals surface area contributed by atoms with E-state index >= 15 is 0 Å². The van der Waals surface area contributed by atoms with Crippen LogP contribution < -0.4 is 0 Å². The minimum Gasteiger partial charge on any atom is -0.364 e. The van der Waals surface area contributed by atoms with Crippen LogP contribution in [0.5, 0.6) is 0 Å². The second-order valence-corrected chi connectivity index (χ2v) is 7.16. The van der Waals surface area contributed by atoms with Crippen LogP contribution in [-0.2, 0) is 4.79 Å². The van der Waals surface area contributed by atoms with Crippen LogP contribution in [0, 0.1) is 0 Å². The molecule has 1 aromatic rings. The molecule has 2 rings (SSSR count). The van der Waals surface area contributed by atoms with E-state index in [2.05, 4.69) is 0 Å². The molecule has 0 unspecified atom stereocenters. The zero-order valence-electron chi connectivity index (χ0n) is 17.1. The summed E-state index contributed by atoms with van der Waals surface area (Å²) in [5.74, 6) is -0.671. The second-order valence-electron chi connectivity index (χ2n) is 7.16. The van der Waals surface area contributed by atoms with Crippen molar-refractivity contribution < 1.29 is 14.4 Å². The number of Topliss-reactive ketones (excluding diaryl/α,β-unsaturated/α-hetero) is 2. The first-order valence-corrected chi connectivity index (χ1v) is 9.38. The minimum atomic E-state index is -0.270. The SMILES string of the molecule is CCN(C(=O)CN(C)C)C1=C(N(CC)C(C)C)C(=O)c2ccccc2C1=O. The first-order chi connectivity index (χ1) is 12.7. The molecule has 0 heterocycles. The van der Waals surface area contributed by atoms with Crippen molar-refractivity contribution in [2.45, 2.75) is 33.7 Å². The third-order valence-corrected chi connectivity index (χ3v) is 4.66. The number of hydrogen-bond acceptors (Lipinski definition) is 5. The number of fused-ring (bicyclic) bond motifs is 1. The highest BCUT2D eigenvalue weighted by molar-refractivity contribution is 6.27. The van der Waals surface area contributed by atoms with Gasteiger partial charge in [0.05, 0.1) is 6.54 Å². The zero-order valence-corrected chi connectivity index (χ0v) is 17.1. The molecule has 0 bridgehead atoms. The van der Waals surface area contributed by atoms with Crippen LogP contribution >= 0.6 is 0 Å². The van der Waals surface area contributed by atoms with Gasteiger partial charge in [0.2, 0.25) is 17.5 Å². The molecule has 0 saturated carbocycles. The fourth-order valence-electron chi connectivity index (χ4n) is 3.46. The van der Waals surface area contributed by atoms with Gasteiger partial charge in [-0.2, -0.15) is 0 Å². The van der Waals surface area contributed by atoms with E-state index in [0.29, 0.717) is 29.9 Å². The van der Waals surface area contributed by atoms with Gasteiger partial charge in [0, 0.05) is 30.3 Å². The molecule has 0 aliphatic heterocycles. The summed E-state index contributed by atoms with van der Waals surface area (Å²) >= 11 is 0. The minimum absolute atomic E-state index is 0.0182. The fraction of sp³-hybridized carbons (Fsp3) is 0.476. The zero-order chi connectivity index (χ0) is 20.3. The van der Waals surface area contributed by atoms with Gasteiger partial charge in [-0.3, -0.25) is 14.4 Å². The van der Waals surface area contributed by atoms with E-state index < -0.39 is 0 Å². The molecule has 1 aromatic carbocycles. The van der Waals surface area contributed by atoms with Crippen LogP contribution in [0.3, 0.4) is 0 Å². The Bertz CT molecular complexity index is 781. The third-order valence-electron chi connectivity index (χ3n) is 4.66. The Kier molecular flexibility index (Phi) is 6.54. The molecule has 0 spiro atoms. The maximum absolute atomic E-state index is 13.4. The third kappa shape index (κ3) is 3.95. The summed E-state index contributed by atoms with van der Waals surface area (Å²) in [5, 5.41) is 0. The van der Waals surface area contributed by atoms with Crippen LogP contribution in [0.1, 0.15) is 48.4 Å². The lowest BCUT2D eigenvalue weighted by Gasteiger charge is -2.36. The van der Waals surface area contributed by atoms with E-state index in [9.17, 15) is 14.4 Å². The molecule has 1 amide bonds. The smallest absolute Gasteiger partial charge is 0.241 e. The van der Waals surface area contributed by atoms with Gasteiger partial charge in [-0.15, -0.1) is 0 Å². The van der Waals surface area contributed by atoms with E-state index in [0.717, 1.165) is 0 Å². The molecule has 1 aliphatic carbocycles. The van der Waals surface area contributed by atoms with Gasteiger partial charge in [0.15, 0.2) is 0 Å². The van der Waals surface area contributed by atoms with Crippen LogP contribution in [0.25, 0.3) is 0 Å². The van der Waals surface area contributed by atoms with Crippen molar-refractivity contribution in [3.63, 3.8) is 0 Å². The summed E-state index contributed by atoms with van der Waals surface area (Å²) in [6.45, 7) is 8.78. The van der Waals surface area contributed by atoms with Crippen LogP contribution in [-0.4, -0.2) is 71.9 Å². The van der Waals surface area contributed by atoms with Crippen LogP contribution in [0.4, 0.5) is 0 Å². The molecule has 146 valence electrons. The van der Waals surface area contributed by atoms with Crippen molar-refractivity contribution in [2.24, 2.45) is 0 Å². The number of hydrogen-bond donors (Lipinski definition) is 0. The van der Waals surface area contributed by atoms with Gasteiger partial charge < -0.3 is 14.7 Å². The Balaban J connectivity index is 2.72. The fourth-order valence-corrected chi connectivity index (χ4v) is 3.46. The molecule has 0 aromatic heterocycles. The lowest BCUT2D eigenvalue weighted by Crippen LogP contribution is -2.46. The molecular weight excluding hydrogens is 342 g/mol. The molecule has 6 heteroatoms. The molecule has 0 N–H and O–H groups in total. The largest absolute Gasteiger partial charge is 0.364 e. The average Bonchev–Trinajstić information content (AvgIpc) is 2.61. The Morgan fingerprint density at radius 3 is 1.85 bits per heavy atom. The van der Waals surface area contributed by atoms with E-state index in [4.69, 9.17) is 0 Å². The number of benzene rings is 1. The monoisotopic (exact) mass is 371 g/mol. The number of rotatable bonds is 7. The summed E-state index contributed by atoms with van der Waals surface area (Å²) in [7, 11) is 3.60. The van der Waals surface area contributed by atoms with E-state index in [1.54, 1.807) is 43.3 Å². The Hall–Kier alpha value is -2.47. The Morgan fingerprint density at radius 1 is 0.926 bits per heavy atom. The number of carbonyl (C=O) groups is 3. The van der Waals surface area contributed by atoms with Gasteiger partial charge in [0.1, 0.15) is 11.4 Å². The normalized spacial score (nSPS) is 14.1. The number of ketones is 2. The van der Waals surface area contributed by atoms with Gasteiger partial charge in [0.25, 0.3) is 0 Å². The molecular formula is C21H29N3O3. The predicted octanol–water partition coefficient (Wildman–Crippen LogP) is 2.42. The van der Waals surface area contributed by atoms with Crippen molar-refractivity contribution in [3.05, 3.63) is 46.8 Å². The molecule has 1 aliphatic rings. The molecule has 0 radical (unpaired) electrons. The van der Waals surface area contributed by atoms with E-state index in [1.807, 2.05) is 32.6 Å². The maximum atomic E-state index is 13.4. The van der Waals surface area contributed by atoms with Gasteiger partial charge >= 0.3 is 0 Å². The number of allylic oxidation sites excluding steroid dienone is 2. The number of amides is 1. The van der Waals surface area contributed by atoms with Gasteiger partial charge in [-0.1, -0.05) is 24.3 Å². The lowest BCUT2D eigenvalue weighted by molar-refractivity contribution is -0.129. The van der Waals surface area contributed by atoms with Crippen molar-refractivity contribution in [1.29, 1.82) is 0 Å². The summed E-state index contributed by atoms with van der Waals surface area (Å²) in [6.07, 6.45) is 0. The Labute approximate surface area is 161 Å². The molecule has 0 atom stereocenters. The summed E-state index contributed by atoms with van der Waals surface area (Å²) in [4.78, 5) is 44.7.